The van der Waals surface area contributed by atoms with Gasteiger partial charge in [0.1, 0.15) is 5.54 Å². The maximum absolute atomic E-state index is 13.5. The van der Waals surface area contributed by atoms with Crippen molar-refractivity contribution in [1.29, 1.82) is 0 Å². The maximum Gasteiger partial charge on any atom is 0.329 e. The van der Waals surface area contributed by atoms with Gasteiger partial charge in [0, 0.05) is 6.20 Å². The van der Waals surface area contributed by atoms with Gasteiger partial charge in [0.25, 0.3) is 5.91 Å². The third-order valence-electron chi connectivity index (χ3n) is 3.98. The molecule has 7 heteroatoms. The molecule has 0 bridgehead atoms. The molecule has 1 amide bonds. The Hall–Kier alpha value is -2.05. The van der Waals surface area contributed by atoms with Gasteiger partial charge in [-0.1, -0.05) is 6.92 Å². The first kappa shape index (κ1) is 15.3. The van der Waals surface area contributed by atoms with Gasteiger partial charge in [-0.2, -0.15) is 4.39 Å². The van der Waals surface area contributed by atoms with Crippen LogP contribution in [-0.2, 0) is 4.79 Å². The van der Waals surface area contributed by atoms with E-state index in [1.165, 1.54) is 0 Å². The molecule has 21 heavy (non-hydrogen) atoms. The summed E-state index contributed by atoms with van der Waals surface area (Å²) in [5, 5.41) is 11.8. The molecule has 0 spiro atoms. The van der Waals surface area contributed by atoms with E-state index in [4.69, 9.17) is 0 Å². The SMILES string of the molecule is CC1CCC(NC(=O)c2ccnc(F)c2F)(C(=O)O)CC1. The Kier molecular flexibility index (Phi) is 4.20. The Labute approximate surface area is 120 Å². The minimum Gasteiger partial charge on any atom is -0.480 e. The lowest BCUT2D eigenvalue weighted by atomic mass is 9.77. The first-order chi connectivity index (χ1) is 9.85. The summed E-state index contributed by atoms with van der Waals surface area (Å²) in [5.74, 6) is -4.48. The highest BCUT2D eigenvalue weighted by molar-refractivity contribution is 5.98. The molecule has 5 nitrogen and oxygen atoms in total. The van der Waals surface area contributed by atoms with Crippen LogP contribution in [0.3, 0.4) is 0 Å². The van der Waals surface area contributed by atoms with Crippen LogP contribution >= 0.6 is 0 Å². The number of pyridine rings is 1. The number of carboxylic acid groups (broad SMARTS) is 1. The van der Waals surface area contributed by atoms with E-state index in [0.29, 0.717) is 18.8 Å². The molecule has 1 saturated carbocycles. The van der Waals surface area contributed by atoms with Crippen molar-refractivity contribution in [2.75, 3.05) is 0 Å². The molecule has 1 heterocycles. The second-order valence-electron chi connectivity index (χ2n) is 5.49. The highest BCUT2D eigenvalue weighted by atomic mass is 19.2. The number of hydrogen-bond donors (Lipinski definition) is 2. The molecule has 1 aliphatic rings. The summed E-state index contributed by atoms with van der Waals surface area (Å²) in [7, 11) is 0. The number of nitrogens with zero attached hydrogens (tertiary/aromatic N) is 1. The van der Waals surface area contributed by atoms with Crippen LogP contribution in [0.25, 0.3) is 0 Å². The van der Waals surface area contributed by atoms with E-state index in [2.05, 4.69) is 10.3 Å². The molecule has 1 aromatic heterocycles. The monoisotopic (exact) mass is 298 g/mol. The van der Waals surface area contributed by atoms with Crippen LogP contribution in [0.4, 0.5) is 8.78 Å². The zero-order valence-corrected chi connectivity index (χ0v) is 11.5. The molecule has 114 valence electrons. The van der Waals surface area contributed by atoms with Crippen LogP contribution in [0.15, 0.2) is 12.3 Å². The number of amides is 1. The van der Waals surface area contributed by atoms with Gasteiger partial charge in [0.05, 0.1) is 5.56 Å². The Morgan fingerprint density at radius 3 is 2.57 bits per heavy atom. The molecule has 0 aliphatic heterocycles. The lowest BCUT2D eigenvalue weighted by Gasteiger charge is -2.36. The predicted molar refractivity (Wildman–Crippen MR) is 69.6 cm³/mol. The standard InChI is InChI=1S/C14H16F2N2O3/c1-8-2-5-14(6-3-8,13(20)21)18-12(19)9-4-7-17-11(16)10(9)15/h4,7-8H,2-3,5-6H2,1H3,(H,18,19)(H,20,21). The minimum absolute atomic E-state index is 0.268. The number of rotatable bonds is 3. The fourth-order valence-electron chi connectivity index (χ4n) is 2.53. The van der Waals surface area contributed by atoms with Crippen molar-refractivity contribution in [3.63, 3.8) is 0 Å². The van der Waals surface area contributed by atoms with E-state index < -0.39 is 34.7 Å². The molecule has 0 aromatic carbocycles. The molecule has 1 aromatic rings. The molecule has 2 rings (SSSR count). The summed E-state index contributed by atoms with van der Waals surface area (Å²) < 4.78 is 26.6. The Bertz CT molecular complexity index is 569. The van der Waals surface area contributed by atoms with Gasteiger partial charge in [-0.05, 0) is 37.7 Å². The number of aliphatic carboxylic acids is 1. The molecule has 1 fully saturated rings. The van der Waals surface area contributed by atoms with Gasteiger partial charge in [-0.3, -0.25) is 4.79 Å². The summed E-state index contributed by atoms with van der Waals surface area (Å²) in [6.07, 6.45) is 2.80. The zero-order valence-electron chi connectivity index (χ0n) is 11.5. The number of nitrogens with one attached hydrogen (secondary N) is 1. The number of aromatic nitrogens is 1. The largest absolute Gasteiger partial charge is 0.480 e. The van der Waals surface area contributed by atoms with Gasteiger partial charge < -0.3 is 10.4 Å². The summed E-state index contributed by atoms with van der Waals surface area (Å²) in [6.45, 7) is 2.01. The fourth-order valence-corrected chi connectivity index (χ4v) is 2.53. The van der Waals surface area contributed by atoms with Crippen LogP contribution in [0.5, 0.6) is 0 Å². The molecule has 0 saturated heterocycles. The normalized spacial score (nSPS) is 25.4. The number of hydrogen-bond acceptors (Lipinski definition) is 3. The summed E-state index contributed by atoms with van der Waals surface area (Å²) in [5.41, 5.74) is -1.96. The van der Waals surface area contributed by atoms with Crippen molar-refractivity contribution in [3.05, 3.63) is 29.6 Å². The number of carbonyl (C=O) groups is 2. The summed E-state index contributed by atoms with van der Waals surface area (Å²) in [4.78, 5) is 26.7. The van der Waals surface area contributed by atoms with E-state index in [-0.39, 0.29) is 12.8 Å². The average Bonchev–Trinajstić information content (AvgIpc) is 2.44. The van der Waals surface area contributed by atoms with Crippen molar-refractivity contribution < 1.29 is 23.5 Å². The quantitative estimate of drug-likeness (QED) is 0.838. The zero-order chi connectivity index (χ0) is 15.6. The van der Waals surface area contributed by atoms with Crippen molar-refractivity contribution in [2.24, 2.45) is 5.92 Å². The van der Waals surface area contributed by atoms with Crippen LogP contribution in [0.2, 0.25) is 0 Å². The number of carbonyl (C=O) groups excluding carboxylic acids is 1. The topological polar surface area (TPSA) is 79.3 Å². The van der Waals surface area contributed by atoms with Crippen molar-refractivity contribution in [2.45, 2.75) is 38.1 Å². The van der Waals surface area contributed by atoms with Crippen molar-refractivity contribution in [3.8, 4) is 0 Å². The summed E-state index contributed by atoms with van der Waals surface area (Å²) >= 11 is 0. The van der Waals surface area contributed by atoms with Gasteiger partial charge in [-0.15, -0.1) is 0 Å². The molecular formula is C14H16F2N2O3. The highest BCUT2D eigenvalue weighted by Gasteiger charge is 2.43. The lowest BCUT2D eigenvalue weighted by Crippen LogP contribution is -2.56. The van der Waals surface area contributed by atoms with E-state index >= 15 is 0 Å². The molecule has 2 N–H and O–H groups in total. The van der Waals surface area contributed by atoms with Crippen LogP contribution in [-0.4, -0.2) is 27.5 Å². The van der Waals surface area contributed by atoms with E-state index in [1.807, 2.05) is 6.92 Å². The second kappa shape index (κ2) is 5.75. The fraction of sp³-hybridized carbons (Fsp3) is 0.500. The maximum atomic E-state index is 13.5. The average molecular weight is 298 g/mol. The van der Waals surface area contributed by atoms with E-state index in [9.17, 15) is 23.5 Å². The first-order valence-corrected chi connectivity index (χ1v) is 6.71. The van der Waals surface area contributed by atoms with Gasteiger partial charge in [-0.25, -0.2) is 14.2 Å². The molecule has 1 aliphatic carbocycles. The molecule has 0 atom stereocenters. The molecule has 0 radical (unpaired) electrons. The van der Waals surface area contributed by atoms with E-state index in [1.54, 1.807) is 0 Å². The lowest BCUT2D eigenvalue weighted by molar-refractivity contribution is -0.146. The predicted octanol–water partition coefficient (Wildman–Crippen LogP) is 2.12. The number of halogens is 2. The molecular weight excluding hydrogens is 282 g/mol. The second-order valence-corrected chi connectivity index (χ2v) is 5.49. The van der Waals surface area contributed by atoms with Gasteiger partial charge in [0.2, 0.25) is 5.95 Å². The minimum atomic E-state index is -1.42. The Morgan fingerprint density at radius 2 is 2.00 bits per heavy atom. The smallest absolute Gasteiger partial charge is 0.329 e. The van der Waals surface area contributed by atoms with Gasteiger partial charge >= 0.3 is 5.97 Å². The summed E-state index contributed by atoms with van der Waals surface area (Å²) in [6, 6.07) is 1.02. The third-order valence-corrected chi connectivity index (χ3v) is 3.98. The van der Waals surface area contributed by atoms with Gasteiger partial charge in [0.15, 0.2) is 5.82 Å². The van der Waals surface area contributed by atoms with Crippen LogP contribution in [0.1, 0.15) is 43.0 Å². The Morgan fingerprint density at radius 1 is 1.38 bits per heavy atom. The van der Waals surface area contributed by atoms with E-state index in [0.717, 1.165) is 12.3 Å². The first-order valence-electron chi connectivity index (χ1n) is 6.71. The van der Waals surface area contributed by atoms with Crippen LogP contribution in [0, 0.1) is 17.7 Å². The van der Waals surface area contributed by atoms with Crippen LogP contribution < -0.4 is 5.32 Å². The van der Waals surface area contributed by atoms with Crippen molar-refractivity contribution >= 4 is 11.9 Å². The van der Waals surface area contributed by atoms with Crippen molar-refractivity contribution in [1.82, 2.24) is 10.3 Å². The molecule has 0 unspecified atom stereocenters. The highest BCUT2D eigenvalue weighted by Crippen LogP contribution is 2.32. The Balaban J connectivity index is 2.23. The number of carboxylic acids is 1. The third kappa shape index (κ3) is 3.01.